The fourth-order valence-electron chi connectivity index (χ4n) is 3.26. The third-order valence-corrected chi connectivity index (χ3v) is 6.07. The van der Waals surface area contributed by atoms with Crippen LogP contribution in [-0.2, 0) is 10.0 Å². The van der Waals surface area contributed by atoms with E-state index in [1.54, 1.807) is 0 Å². The van der Waals surface area contributed by atoms with Crippen molar-refractivity contribution in [2.75, 3.05) is 11.9 Å². The van der Waals surface area contributed by atoms with Gasteiger partial charge < -0.3 is 5.32 Å². The number of hydrogen-bond donors (Lipinski definition) is 2. The molecular weight excluding hydrogens is 284 g/mol. The Morgan fingerprint density at radius 1 is 1.19 bits per heavy atom. The summed E-state index contributed by atoms with van der Waals surface area (Å²) in [6.45, 7) is 8.69. The Balaban J connectivity index is 2.31. The highest BCUT2D eigenvalue weighted by molar-refractivity contribution is 7.89. The third kappa shape index (κ3) is 3.58. The molecule has 5 heteroatoms. The number of hydrogen-bond acceptors (Lipinski definition) is 3. The predicted molar refractivity (Wildman–Crippen MR) is 87.2 cm³/mol. The average molecular weight is 310 g/mol. The van der Waals surface area contributed by atoms with Gasteiger partial charge in [-0.25, -0.2) is 13.1 Å². The van der Waals surface area contributed by atoms with Crippen molar-refractivity contribution in [1.29, 1.82) is 0 Å². The molecule has 1 aliphatic carbocycles. The van der Waals surface area contributed by atoms with Crippen molar-refractivity contribution >= 4 is 15.7 Å². The van der Waals surface area contributed by atoms with Crippen LogP contribution >= 0.6 is 0 Å². The molecule has 1 saturated carbocycles. The van der Waals surface area contributed by atoms with Gasteiger partial charge in [0.05, 0.1) is 4.90 Å². The Hall–Kier alpha value is -1.07. The number of rotatable bonds is 5. The van der Waals surface area contributed by atoms with Gasteiger partial charge in [0.15, 0.2) is 0 Å². The second-order valence-electron chi connectivity index (χ2n) is 6.11. The average Bonchev–Trinajstić information content (AvgIpc) is 2.73. The van der Waals surface area contributed by atoms with Crippen molar-refractivity contribution in [3.8, 4) is 0 Å². The summed E-state index contributed by atoms with van der Waals surface area (Å²) in [5, 5.41) is 3.23. The molecule has 2 rings (SSSR count). The van der Waals surface area contributed by atoms with Gasteiger partial charge in [-0.15, -0.1) is 0 Å². The molecule has 1 aromatic carbocycles. The van der Waals surface area contributed by atoms with Crippen molar-refractivity contribution in [3.05, 3.63) is 23.3 Å². The maximum atomic E-state index is 12.7. The van der Waals surface area contributed by atoms with Gasteiger partial charge in [-0.3, -0.25) is 0 Å². The lowest BCUT2D eigenvalue weighted by Gasteiger charge is -2.20. The summed E-state index contributed by atoms with van der Waals surface area (Å²) < 4.78 is 28.3. The molecule has 0 radical (unpaired) electrons. The van der Waals surface area contributed by atoms with Crippen LogP contribution in [-0.4, -0.2) is 21.0 Å². The molecule has 0 aliphatic heterocycles. The summed E-state index contributed by atoms with van der Waals surface area (Å²) in [4.78, 5) is 0.434. The normalized spacial score (nSPS) is 22.5. The van der Waals surface area contributed by atoms with Crippen molar-refractivity contribution in [1.82, 2.24) is 4.72 Å². The fourth-order valence-corrected chi connectivity index (χ4v) is 5.09. The van der Waals surface area contributed by atoms with Gasteiger partial charge in [-0.1, -0.05) is 13.3 Å². The molecule has 118 valence electrons. The summed E-state index contributed by atoms with van der Waals surface area (Å²) >= 11 is 0. The Morgan fingerprint density at radius 2 is 1.81 bits per heavy atom. The number of nitrogens with one attached hydrogen (secondary N) is 2. The second kappa shape index (κ2) is 6.36. The third-order valence-electron chi connectivity index (χ3n) is 4.28. The molecule has 0 heterocycles. The topological polar surface area (TPSA) is 58.2 Å². The summed E-state index contributed by atoms with van der Waals surface area (Å²) in [6, 6.07) is 3.88. The molecule has 0 amide bonds. The van der Waals surface area contributed by atoms with Crippen LogP contribution in [0.15, 0.2) is 17.0 Å². The van der Waals surface area contributed by atoms with E-state index in [0.29, 0.717) is 10.8 Å². The van der Waals surface area contributed by atoms with Gasteiger partial charge in [0.2, 0.25) is 10.0 Å². The van der Waals surface area contributed by atoms with E-state index in [2.05, 4.69) is 17.0 Å². The summed E-state index contributed by atoms with van der Waals surface area (Å²) in [7, 11) is -3.45. The quantitative estimate of drug-likeness (QED) is 0.878. The minimum atomic E-state index is -3.45. The van der Waals surface area contributed by atoms with E-state index in [0.717, 1.165) is 42.6 Å². The van der Waals surface area contributed by atoms with Crippen LogP contribution < -0.4 is 10.0 Å². The van der Waals surface area contributed by atoms with Gasteiger partial charge in [0.25, 0.3) is 0 Å². The molecule has 0 spiro atoms. The van der Waals surface area contributed by atoms with E-state index in [1.165, 1.54) is 0 Å². The zero-order valence-corrected chi connectivity index (χ0v) is 14.2. The summed E-state index contributed by atoms with van der Waals surface area (Å²) in [6.07, 6.45) is 3.14. The standard InChI is InChI=1S/C16H26N2O2S/c1-5-17-14-9-12(3)16(13(4)10-14)21(19,20)18-15-8-6-7-11(15)2/h9-11,15,17-18H,5-8H2,1-4H3. The molecule has 2 N–H and O–H groups in total. The lowest BCUT2D eigenvalue weighted by atomic mass is 10.1. The van der Waals surface area contributed by atoms with E-state index in [1.807, 2.05) is 32.9 Å². The smallest absolute Gasteiger partial charge is 0.241 e. The fraction of sp³-hybridized carbons (Fsp3) is 0.625. The molecular formula is C16H26N2O2S. The van der Waals surface area contributed by atoms with E-state index >= 15 is 0 Å². The highest BCUT2D eigenvalue weighted by Gasteiger charge is 2.29. The monoisotopic (exact) mass is 310 g/mol. The van der Waals surface area contributed by atoms with Crippen molar-refractivity contribution in [3.63, 3.8) is 0 Å². The SMILES string of the molecule is CCNc1cc(C)c(S(=O)(=O)NC2CCCC2C)c(C)c1. The van der Waals surface area contributed by atoms with Gasteiger partial charge >= 0.3 is 0 Å². The molecule has 1 aliphatic rings. The maximum Gasteiger partial charge on any atom is 0.241 e. The Labute approximate surface area is 128 Å². The van der Waals surface area contributed by atoms with Crippen molar-refractivity contribution in [2.45, 2.75) is 57.9 Å². The van der Waals surface area contributed by atoms with Crippen molar-refractivity contribution in [2.24, 2.45) is 5.92 Å². The van der Waals surface area contributed by atoms with Gasteiger partial charge in [-0.2, -0.15) is 0 Å². The summed E-state index contributed by atoms with van der Waals surface area (Å²) in [5.74, 6) is 0.418. The van der Waals surface area contributed by atoms with Crippen LogP contribution in [0.3, 0.4) is 0 Å². The van der Waals surface area contributed by atoms with E-state index in [4.69, 9.17) is 0 Å². The van der Waals surface area contributed by atoms with E-state index in [9.17, 15) is 8.42 Å². The highest BCUT2D eigenvalue weighted by atomic mass is 32.2. The van der Waals surface area contributed by atoms with Crippen LogP contribution in [0.25, 0.3) is 0 Å². The van der Waals surface area contributed by atoms with Crippen LogP contribution in [0.4, 0.5) is 5.69 Å². The first-order valence-corrected chi connectivity index (χ1v) is 9.21. The van der Waals surface area contributed by atoms with E-state index < -0.39 is 10.0 Å². The highest BCUT2D eigenvalue weighted by Crippen LogP contribution is 2.29. The molecule has 0 aromatic heterocycles. The van der Waals surface area contributed by atoms with Crippen LogP contribution in [0.1, 0.15) is 44.2 Å². The molecule has 1 aromatic rings. The number of benzene rings is 1. The van der Waals surface area contributed by atoms with Crippen molar-refractivity contribution < 1.29 is 8.42 Å². The van der Waals surface area contributed by atoms with Gasteiger partial charge in [0, 0.05) is 18.3 Å². The van der Waals surface area contributed by atoms with Crippen LogP contribution in [0, 0.1) is 19.8 Å². The first kappa shape index (κ1) is 16.3. The second-order valence-corrected chi connectivity index (χ2v) is 7.76. The lowest BCUT2D eigenvalue weighted by Crippen LogP contribution is -2.37. The molecule has 21 heavy (non-hydrogen) atoms. The lowest BCUT2D eigenvalue weighted by molar-refractivity contribution is 0.476. The molecule has 0 bridgehead atoms. The molecule has 2 atom stereocenters. The first-order valence-electron chi connectivity index (χ1n) is 7.72. The van der Waals surface area contributed by atoms with E-state index in [-0.39, 0.29) is 6.04 Å². The first-order chi connectivity index (χ1) is 9.85. The Bertz CT molecular complexity index is 588. The molecule has 2 unspecified atom stereocenters. The molecule has 4 nitrogen and oxygen atoms in total. The molecule has 0 saturated heterocycles. The van der Waals surface area contributed by atoms with Gasteiger partial charge in [-0.05, 0) is 62.8 Å². The minimum absolute atomic E-state index is 0.0715. The summed E-state index contributed by atoms with van der Waals surface area (Å²) in [5.41, 5.74) is 2.56. The number of anilines is 1. The number of sulfonamides is 1. The van der Waals surface area contributed by atoms with Crippen LogP contribution in [0.5, 0.6) is 0 Å². The Kier molecular flexibility index (Phi) is 4.94. The van der Waals surface area contributed by atoms with Crippen LogP contribution in [0.2, 0.25) is 0 Å². The maximum absolute atomic E-state index is 12.7. The Morgan fingerprint density at radius 3 is 2.29 bits per heavy atom. The zero-order chi connectivity index (χ0) is 15.6. The number of aryl methyl sites for hydroxylation is 2. The minimum Gasteiger partial charge on any atom is -0.385 e. The van der Waals surface area contributed by atoms with Gasteiger partial charge in [0.1, 0.15) is 0 Å². The predicted octanol–water partition coefficient (Wildman–Crippen LogP) is 3.20. The largest absolute Gasteiger partial charge is 0.385 e. The molecule has 1 fully saturated rings. The zero-order valence-electron chi connectivity index (χ0n) is 13.4.